The fourth-order valence-electron chi connectivity index (χ4n) is 9.47. The van der Waals surface area contributed by atoms with Gasteiger partial charge in [0.25, 0.3) is 0 Å². The fraction of sp³-hybridized carbons (Fsp3) is 0. The van der Waals surface area contributed by atoms with Crippen molar-refractivity contribution in [2.75, 3.05) is 0 Å². The largest absolute Gasteiger partial charge is 0.309 e. The Morgan fingerprint density at radius 3 is 1.40 bits per heavy atom. The molecule has 57 heavy (non-hydrogen) atoms. The number of aromatic nitrogens is 3. The van der Waals surface area contributed by atoms with E-state index in [1.54, 1.807) is 0 Å². The van der Waals surface area contributed by atoms with Crippen LogP contribution in [-0.2, 0) is 0 Å². The van der Waals surface area contributed by atoms with Crippen LogP contribution in [0.4, 0.5) is 0 Å². The van der Waals surface area contributed by atoms with Crippen LogP contribution in [0, 0.1) is 0 Å². The lowest BCUT2D eigenvalue weighted by atomic mass is 9.96. The molecular weight excluding hydrogens is 691 g/mol. The van der Waals surface area contributed by atoms with Crippen LogP contribution in [0.25, 0.3) is 105 Å². The predicted octanol–water partition coefficient (Wildman–Crippen LogP) is 14.3. The lowest BCUT2D eigenvalue weighted by molar-refractivity contribution is 1.17. The van der Waals surface area contributed by atoms with Gasteiger partial charge in [0, 0.05) is 54.8 Å². The first-order valence-corrected chi connectivity index (χ1v) is 19.6. The van der Waals surface area contributed by atoms with Crippen LogP contribution in [0.2, 0.25) is 0 Å². The molecule has 0 aliphatic rings. The van der Waals surface area contributed by atoms with Crippen molar-refractivity contribution < 1.29 is 0 Å². The number of nitrogens with zero attached hydrogens (tertiary/aromatic N) is 3. The summed E-state index contributed by atoms with van der Waals surface area (Å²) in [7, 11) is 0. The quantitative estimate of drug-likeness (QED) is 0.168. The third-order valence-electron chi connectivity index (χ3n) is 11.8. The number of para-hydroxylation sites is 6. The van der Waals surface area contributed by atoms with Gasteiger partial charge in [-0.25, -0.2) is 0 Å². The Morgan fingerprint density at radius 1 is 0.263 bits per heavy atom. The normalized spacial score (nSPS) is 11.9. The standard InChI is InChI=1S/C54H35N3/c1-4-17-36(18-5-1)37-31-32-41(43-27-16-26-42-40-23-10-13-28-46(40)56(54(42)43)39-21-8-3-9-22-39)51(35-37)57-48-30-15-12-25-45(48)53-50(57)34-33-49-52(53)44-24-11-14-29-47(44)55(49)38-19-6-2-7-20-38/h1-35H. The summed E-state index contributed by atoms with van der Waals surface area (Å²) in [5.41, 5.74) is 15.4. The molecule has 0 fully saturated rings. The molecule has 0 bridgehead atoms. The highest BCUT2D eigenvalue weighted by Gasteiger charge is 2.24. The molecule has 0 aliphatic heterocycles. The van der Waals surface area contributed by atoms with Crippen molar-refractivity contribution in [3.63, 3.8) is 0 Å². The minimum absolute atomic E-state index is 1.14. The Bertz CT molecular complexity index is 3500. The Kier molecular flexibility index (Phi) is 6.93. The molecule has 0 radical (unpaired) electrons. The van der Waals surface area contributed by atoms with Gasteiger partial charge in [0.05, 0.1) is 38.8 Å². The molecule has 0 aliphatic carbocycles. The Morgan fingerprint density at radius 2 is 0.754 bits per heavy atom. The maximum absolute atomic E-state index is 2.52. The lowest BCUT2D eigenvalue weighted by Crippen LogP contribution is -2.00. The zero-order valence-electron chi connectivity index (χ0n) is 31.0. The molecule has 0 amide bonds. The molecule has 0 spiro atoms. The number of benzene rings is 9. The van der Waals surface area contributed by atoms with E-state index >= 15 is 0 Å². The lowest BCUT2D eigenvalue weighted by Gasteiger charge is -2.18. The molecule has 3 nitrogen and oxygen atoms in total. The van der Waals surface area contributed by atoms with E-state index in [9.17, 15) is 0 Å². The molecule has 12 aromatic rings. The van der Waals surface area contributed by atoms with Gasteiger partial charge in [0.15, 0.2) is 0 Å². The molecule has 0 N–H and O–H groups in total. The third-order valence-corrected chi connectivity index (χ3v) is 11.8. The molecule has 0 atom stereocenters. The Labute approximate surface area is 329 Å². The second-order valence-corrected chi connectivity index (χ2v) is 14.9. The monoisotopic (exact) mass is 725 g/mol. The van der Waals surface area contributed by atoms with Crippen LogP contribution < -0.4 is 0 Å². The van der Waals surface area contributed by atoms with Crippen LogP contribution in [0.3, 0.4) is 0 Å². The van der Waals surface area contributed by atoms with Gasteiger partial charge in [-0.2, -0.15) is 0 Å². The first-order valence-electron chi connectivity index (χ1n) is 19.6. The number of fused-ring (bicyclic) bond motifs is 10. The number of hydrogen-bond donors (Lipinski definition) is 0. The minimum atomic E-state index is 1.14. The van der Waals surface area contributed by atoms with Crippen molar-refractivity contribution in [1.82, 2.24) is 13.7 Å². The Hall–Kier alpha value is -7.62. The van der Waals surface area contributed by atoms with E-state index in [1.165, 1.54) is 87.7 Å². The van der Waals surface area contributed by atoms with Crippen LogP contribution in [0.15, 0.2) is 212 Å². The van der Waals surface area contributed by atoms with Crippen molar-refractivity contribution >= 4 is 65.4 Å². The highest BCUT2D eigenvalue weighted by Crippen LogP contribution is 2.46. The third kappa shape index (κ3) is 4.66. The molecule has 3 aromatic heterocycles. The summed E-state index contributed by atoms with van der Waals surface area (Å²) < 4.78 is 7.39. The van der Waals surface area contributed by atoms with E-state index in [0.717, 1.165) is 17.1 Å². The van der Waals surface area contributed by atoms with Gasteiger partial charge in [-0.15, -0.1) is 0 Å². The molecule has 0 unspecified atom stereocenters. The number of hydrogen-bond acceptors (Lipinski definition) is 0. The maximum Gasteiger partial charge on any atom is 0.0620 e. The van der Waals surface area contributed by atoms with Crippen LogP contribution in [-0.4, -0.2) is 13.7 Å². The zero-order valence-corrected chi connectivity index (χ0v) is 31.0. The average Bonchev–Trinajstić information content (AvgIpc) is 3.93. The molecule has 3 heteroatoms. The molecular formula is C54H35N3. The minimum Gasteiger partial charge on any atom is -0.309 e. The fourth-order valence-corrected chi connectivity index (χ4v) is 9.47. The maximum atomic E-state index is 2.52. The highest BCUT2D eigenvalue weighted by atomic mass is 15.0. The molecule has 9 aromatic carbocycles. The van der Waals surface area contributed by atoms with E-state index in [2.05, 4.69) is 226 Å². The summed E-state index contributed by atoms with van der Waals surface area (Å²) in [4.78, 5) is 0. The van der Waals surface area contributed by atoms with Crippen LogP contribution >= 0.6 is 0 Å². The van der Waals surface area contributed by atoms with Crippen LogP contribution in [0.5, 0.6) is 0 Å². The van der Waals surface area contributed by atoms with E-state index in [1.807, 2.05) is 0 Å². The molecule has 0 saturated carbocycles. The van der Waals surface area contributed by atoms with E-state index < -0.39 is 0 Å². The molecule has 0 saturated heterocycles. The second kappa shape index (κ2) is 12.5. The van der Waals surface area contributed by atoms with Gasteiger partial charge in [-0.1, -0.05) is 152 Å². The van der Waals surface area contributed by atoms with Crippen molar-refractivity contribution in [1.29, 1.82) is 0 Å². The van der Waals surface area contributed by atoms with E-state index in [4.69, 9.17) is 0 Å². The van der Waals surface area contributed by atoms with Crippen molar-refractivity contribution in [3.8, 4) is 39.3 Å². The topological polar surface area (TPSA) is 14.8 Å². The summed E-state index contributed by atoms with van der Waals surface area (Å²) in [6, 6.07) is 77.4. The predicted molar refractivity (Wildman–Crippen MR) is 240 cm³/mol. The van der Waals surface area contributed by atoms with Crippen molar-refractivity contribution in [2.45, 2.75) is 0 Å². The van der Waals surface area contributed by atoms with Gasteiger partial charge in [0.1, 0.15) is 0 Å². The van der Waals surface area contributed by atoms with Crippen molar-refractivity contribution in [2.24, 2.45) is 0 Å². The molecule has 266 valence electrons. The van der Waals surface area contributed by atoms with Gasteiger partial charge in [0.2, 0.25) is 0 Å². The number of rotatable bonds is 5. The smallest absolute Gasteiger partial charge is 0.0620 e. The summed E-state index contributed by atoms with van der Waals surface area (Å²) in [6.07, 6.45) is 0. The summed E-state index contributed by atoms with van der Waals surface area (Å²) >= 11 is 0. The summed E-state index contributed by atoms with van der Waals surface area (Å²) in [6.45, 7) is 0. The van der Waals surface area contributed by atoms with E-state index in [0.29, 0.717) is 0 Å². The van der Waals surface area contributed by atoms with Crippen LogP contribution in [0.1, 0.15) is 0 Å². The van der Waals surface area contributed by atoms with Gasteiger partial charge in [-0.3, -0.25) is 0 Å². The first kappa shape index (κ1) is 31.7. The van der Waals surface area contributed by atoms with Crippen molar-refractivity contribution in [3.05, 3.63) is 212 Å². The van der Waals surface area contributed by atoms with Gasteiger partial charge in [-0.05, 0) is 71.8 Å². The zero-order chi connectivity index (χ0) is 37.5. The van der Waals surface area contributed by atoms with E-state index in [-0.39, 0.29) is 0 Å². The first-order chi connectivity index (χ1) is 28.3. The average molecular weight is 726 g/mol. The molecule has 12 rings (SSSR count). The summed E-state index contributed by atoms with van der Waals surface area (Å²) in [5.74, 6) is 0. The SMILES string of the molecule is c1ccc(-c2ccc(-c3cccc4c5ccccc5n(-c5ccccc5)c34)c(-n3c4ccccc4c4c5c6ccccc6n(-c6ccccc6)c5ccc43)c2)cc1. The van der Waals surface area contributed by atoms with Gasteiger partial charge >= 0.3 is 0 Å². The molecule has 3 heterocycles. The Balaban J connectivity index is 1.23. The highest BCUT2D eigenvalue weighted by molar-refractivity contribution is 6.29. The van der Waals surface area contributed by atoms with Gasteiger partial charge < -0.3 is 13.7 Å². The summed E-state index contributed by atoms with van der Waals surface area (Å²) in [5, 5.41) is 7.51. The second-order valence-electron chi connectivity index (χ2n) is 14.9.